The van der Waals surface area contributed by atoms with Crippen LogP contribution in [0.25, 0.3) is 0 Å². The van der Waals surface area contributed by atoms with Gasteiger partial charge in [0.1, 0.15) is 5.72 Å². The lowest BCUT2D eigenvalue weighted by atomic mass is 9.87. The Hall–Kier alpha value is 0.190. The maximum absolute atomic E-state index is 10.2. The summed E-state index contributed by atoms with van der Waals surface area (Å²) in [5.74, 6) is 3.05. The van der Waals surface area contributed by atoms with Gasteiger partial charge in [-0.25, -0.2) is 0 Å². The van der Waals surface area contributed by atoms with Crippen LogP contribution in [0, 0.1) is 11.3 Å². The van der Waals surface area contributed by atoms with E-state index in [2.05, 4.69) is 23.6 Å². The standard InChI is InChI=1S/C25H46N2O2S/c1-2-22(28)17-20-7-6-16-30-19-24(13-12-20)18-25(24,26)29-23-10-8-21(9-11-23)27-14-4-3-5-15-27/h20-23,28H,2-19,26H2,1H3/t20-,21?,22?,23?,24?,25?/m0/s1. The van der Waals surface area contributed by atoms with Gasteiger partial charge in [0.15, 0.2) is 0 Å². The molecule has 2 aliphatic heterocycles. The van der Waals surface area contributed by atoms with Gasteiger partial charge in [0.25, 0.3) is 0 Å². The lowest BCUT2D eigenvalue weighted by Gasteiger charge is -2.39. The SMILES string of the molecule is CCC(O)C[C@H]1CCCSCC2(CC1)CC2(N)OC1CCC(N2CCCCC2)CC1. The Labute approximate surface area is 189 Å². The molecule has 0 aromatic rings. The fraction of sp³-hybridized carbons (Fsp3) is 1.00. The Morgan fingerprint density at radius 2 is 1.83 bits per heavy atom. The molecule has 4 aliphatic rings. The van der Waals surface area contributed by atoms with Gasteiger partial charge in [0.2, 0.25) is 0 Å². The highest BCUT2D eigenvalue weighted by Gasteiger charge is 2.66. The maximum Gasteiger partial charge on any atom is 0.124 e. The van der Waals surface area contributed by atoms with E-state index in [1.807, 2.05) is 0 Å². The van der Waals surface area contributed by atoms with Crippen LogP contribution in [0.3, 0.4) is 0 Å². The fourth-order valence-corrected chi connectivity index (χ4v) is 7.83. The molecule has 0 aromatic heterocycles. The summed E-state index contributed by atoms with van der Waals surface area (Å²) >= 11 is 2.09. The van der Waals surface area contributed by atoms with Crippen LogP contribution in [0.1, 0.15) is 96.8 Å². The van der Waals surface area contributed by atoms with E-state index in [1.165, 1.54) is 89.5 Å². The van der Waals surface area contributed by atoms with E-state index in [-0.39, 0.29) is 17.2 Å². The van der Waals surface area contributed by atoms with E-state index in [9.17, 15) is 5.11 Å². The number of hydrogen-bond acceptors (Lipinski definition) is 5. The Bertz CT molecular complexity index is 535. The van der Waals surface area contributed by atoms with Crippen molar-refractivity contribution in [3.8, 4) is 0 Å². The molecular formula is C25H46N2O2S. The summed E-state index contributed by atoms with van der Waals surface area (Å²) in [4.78, 5) is 2.75. The third-order valence-corrected chi connectivity index (χ3v) is 10.0. The van der Waals surface area contributed by atoms with Gasteiger partial charge in [-0.2, -0.15) is 11.8 Å². The quantitative estimate of drug-likeness (QED) is 0.576. The van der Waals surface area contributed by atoms with Gasteiger partial charge in [-0.3, -0.25) is 0 Å². The first kappa shape index (κ1) is 23.4. The van der Waals surface area contributed by atoms with E-state index >= 15 is 0 Å². The molecule has 2 saturated carbocycles. The molecule has 3 N–H and O–H groups in total. The van der Waals surface area contributed by atoms with Crippen molar-refractivity contribution < 1.29 is 9.84 Å². The van der Waals surface area contributed by atoms with Gasteiger partial charge in [0, 0.05) is 23.6 Å². The predicted molar refractivity (Wildman–Crippen MR) is 127 cm³/mol. The second-order valence-electron chi connectivity index (χ2n) is 10.9. The normalized spacial score (nSPS) is 42.3. The van der Waals surface area contributed by atoms with Crippen LogP contribution in [-0.4, -0.2) is 58.6 Å². The average Bonchev–Trinajstić information content (AvgIpc) is 3.31. The molecule has 2 aliphatic carbocycles. The molecule has 1 spiro atoms. The van der Waals surface area contributed by atoms with Gasteiger partial charge in [-0.15, -0.1) is 0 Å². The summed E-state index contributed by atoms with van der Waals surface area (Å²) in [5, 5.41) is 10.2. The number of aliphatic hydroxyl groups excluding tert-OH is 1. The van der Waals surface area contributed by atoms with Crippen LogP contribution in [0.4, 0.5) is 0 Å². The number of hydrogen-bond donors (Lipinski definition) is 2. The highest BCUT2D eigenvalue weighted by Crippen LogP contribution is 2.61. The molecule has 4 fully saturated rings. The second-order valence-corrected chi connectivity index (χ2v) is 12.0. The van der Waals surface area contributed by atoms with Gasteiger partial charge in [-0.05, 0) is 102 Å². The molecule has 5 heteroatoms. The minimum Gasteiger partial charge on any atom is -0.393 e. The lowest BCUT2D eigenvalue weighted by Crippen LogP contribution is -2.45. The zero-order chi connectivity index (χ0) is 21.0. The van der Waals surface area contributed by atoms with E-state index in [0.717, 1.165) is 31.1 Å². The zero-order valence-corrected chi connectivity index (χ0v) is 20.1. The molecule has 2 heterocycles. The first-order chi connectivity index (χ1) is 14.5. The van der Waals surface area contributed by atoms with Crippen molar-refractivity contribution in [1.82, 2.24) is 4.90 Å². The molecule has 0 aromatic carbocycles. The molecule has 0 amide bonds. The Morgan fingerprint density at radius 1 is 1.07 bits per heavy atom. The van der Waals surface area contributed by atoms with Gasteiger partial charge in [-0.1, -0.05) is 13.3 Å². The Balaban J connectivity index is 1.27. The number of piperidine rings is 1. The van der Waals surface area contributed by atoms with Crippen LogP contribution >= 0.6 is 11.8 Å². The van der Waals surface area contributed by atoms with Crippen molar-refractivity contribution in [2.75, 3.05) is 24.6 Å². The minimum absolute atomic E-state index is 0.132. The highest BCUT2D eigenvalue weighted by molar-refractivity contribution is 7.99. The second kappa shape index (κ2) is 10.4. The number of nitrogens with zero attached hydrogens (tertiary/aromatic N) is 1. The van der Waals surface area contributed by atoms with Crippen molar-refractivity contribution in [2.45, 2.75) is 121 Å². The molecule has 0 bridgehead atoms. The van der Waals surface area contributed by atoms with Crippen LogP contribution in [0.5, 0.6) is 0 Å². The van der Waals surface area contributed by atoms with Gasteiger partial charge in [0.05, 0.1) is 12.2 Å². The first-order valence-electron chi connectivity index (χ1n) is 13.0. The number of rotatable bonds is 6. The number of nitrogens with two attached hydrogens (primary N) is 1. The number of ether oxygens (including phenoxy) is 1. The van der Waals surface area contributed by atoms with Gasteiger partial charge < -0.3 is 20.5 Å². The Morgan fingerprint density at radius 3 is 2.57 bits per heavy atom. The first-order valence-corrected chi connectivity index (χ1v) is 14.2. The molecule has 30 heavy (non-hydrogen) atoms. The smallest absolute Gasteiger partial charge is 0.124 e. The molecule has 174 valence electrons. The minimum atomic E-state index is -0.388. The molecule has 4 nitrogen and oxygen atoms in total. The topological polar surface area (TPSA) is 58.7 Å². The van der Waals surface area contributed by atoms with Crippen LogP contribution in [-0.2, 0) is 4.74 Å². The number of likely N-dealkylation sites (tertiary alicyclic amines) is 1. The van der Waals surface area contributed by atoms with Crippen LogP contribution < -0.4 is 5.73 Å². The maximum atomic E-state index is 10.2. The molecule has 0 radical (unpaired) electrons. The highest BCUT2D eigenvalue weighted by atomic mass is 32.2. The summed E-state index contributed by atoms with van der Waals surface area (Å²) in [6, 6.07) is 0.790. The molecule has 2 saturated heterocycles. The third kappa shape index (κ3) is 5.57. The van der Waals surface area contributed by atoms with Gasteiger partial charge >= 0.3 is 0 Å². The third-order valence-electron chi connectivity index (χ3n) is 8.69. The van der Waals surface area contributed by atoms with Crippen LogP contribution in [0.15, 0.2) is 0 Å². The molecular weight excluding hydrogens is 392 g/mol. The van der Waals surface area contributed by atoms with Crippen molar-refractivity contribution in [3.63, 3.8) is 0 Å². The molecule has 3 unspecified atom stereocenters. The van der Waals surface area contributed by atoms with Crippen molar-refractivity contribution in [3.05, 3.63) is 0 Å². The fourth-order valence-electron chi connectivity index (χ4n) is 6.43. The lowest BCUT2D eigenvalue weighted by molar-refractivity contribution is -0.0736. The molecule has 4 atom stereocenters. The van der Waals surface area contributed by atoms with Crippen molar-refractivity contribution in [2.24, 2.45) is 17.1 Å². The number of aliphatic hydroxyl groups is 1. The summed E-state index contributed by atoms with van der Waals surface area (Å²) < 4.78 is 6.69. The molecule has 4 rings (SSSR count). The summed E-state index contributed by atoms with van der Waals surface area (Å²) in [5.41, 5.74) is 6.71. The monoisotopic (exact) mass is 438 g/mol. The summed E-state index contributed by atoms with van der Waals surface area (Å²) in [6.07, 6.45) is 17.2. The summed E-state index contributed by atoms with van der Waals surface area (Å²) in [6.45, 7) is 4.72. The summed E-state index contributed by atoms with van der Waals surface area (Å²) in [7, 11) is 0. The van der Waals surface area contributed by atoms with Crippen LogP contribution in [0.2, 0.25) is 0 Å². The van der Waals surface area contributed by atoms with E-state index in [1.54, 1.807) is 0 Å². The van der Waals surface area contributed by atoms with Crippen molar-refractivity contribution >= 4 is 11.8 Å². The van der Waals surface area contributed by atoms with E-state index < -0.39 is 0 Å². The largest absolute Gasteiger partial charge is 0.393 e. The van der Waals surface area contributed by atoms with E-state index in [4.69, 9.17) is 10.5 Å². The predicted octanol–water partition coefficient (Wildman–Crippen LogP) is 4.93. The Kier molecular flexibility index (Phi) is 8.11. The van der Waals surface area contributed by atoms with Crippen molar-refractivity contribution in [1.29, 1.82) is 0 Å². The van der Waals surface area contributed by atoms with E-state index in [0.29, 0.717) is 12.0 Å². The number of thioether (sulfide) groups is 1. The zero-order valence-electron chi connectivity index (χ0n) is 19.3. The average molecular weight is 439 g/mol.